The first-order valence-electron chi connectivity index (χ1n) is 11.9. The first-order valence-corrected chi connectivity index (χ1v) is 11.9. The van der Waals surface area contributed by atoms with E-state index in [9.17, 15) is 22.8 Å². The zero-order valence-electron chi connectivity index (χ0n) is 20.3. The third-order valence-corrected chi connectivity index (χ3v) is 6.87. The molecule has 1 unspecified atom stereocenters. The van der Waals surface area contributed by atoms with Gasteiger partial charge in [-0.25, -0.2) is 4.98 Å². The number of hydrogen-bond donors (Lipinski definition) is 0. The fraction of sp³-hybridized carbons (Fsp3) is 0.400. The number of benzene rings is 1. The van der Waals surface area contributed by atoms with Gasteiger partial charge in [0.1, 0.15) is 5.82 Å². The first-order chi connectivity index (χ1) is 17.6. The summed E-state index contributed by atoms with van der Waals surface area (Å²) in [7, 11) is 0. The van der Waals surface area contributed by atoms with Crippen LogP contribution in [0.2, 0.25) is 0 Å². The van der Waals surface area contributed by atoms with Crippen LogP contribution in [0.3, 0.4) is 0 Å². The molecule has 0 radical (unpaired) electrons. The minimum absolute atomic E-state index is 0.0276. The number of amides is 2. The maximum Gasteiger partial charge on any atom is 0.471 e. The third kappa shape index (κ3) is 5.00. The lowest BCUT2D eigenvalue weighted by Gasteiger charge is -2.36. The molecule has 0 bridgehead atoms. The van der Waals surface area contributed by atoms with Crippen LogP contribution in [0.5, 0.6) is 0 Å². The van der Waals surface area contributed by atoms with Gasteiger partial charge in [0.15, 0.2) is 0 Å². The largest absolute Gasteiger partial charge is 0.471 e. The Kier molecular flexibility index (Phi) is 6.34. The van der Waals surface area contributed by atoms with Gasteiger partial charge in [-0.2, -0.15) is 18.2 Å². The monoisotopic (exact) mass is 514 g/mol. The average Bonchev–Trinajstić information content (AvgIpc) is 3.53. The Hall–Kier alpha value is -3.96. The van der Waals surface area contributed by atoms with Crippen LogP contribution in [0.1, 0.15) is 23.4 Å². The van der Waals surface area contributed by atoms with Crippen molar-refractivity contribution in [2.75, 3.05) is 42.5 Å². The molecule has 0 N–H and O–H groups in total. The Labute approximate surface area is 210 Å². The number of halogens is 3. The number of carbonyl (C=O) groups excluding carboxylic acids is 2. The minimum Gasteiger partial charge on any atom is -0.353 e. The maximum atomic E-state index is 13.2. The van der Waals surface area contributed by atoms with E-state index in [1.807, 2.05) is 36.9 Å². The number of hydrogen-bond acceptors (Lipinski definition) is 7. The van der Waals surface area contributed by atoms with Gasteiger partial charge in [0.25, 0.3) is 0 Å². The summed E-state index contributed by atoms with van der Waals surface area (Å²) < 4.78 is 42.3. The van der Waals surface area contributed by atoms with E-state index in [0.717, 1.165) is 16.8 Å². The highest BCUT2D eigenvalue weighted by Gasteiger charge is 2.39. The van der Waals surface area contributed by atoms with Crippen molar-refractivity contribution in [3.63, 3.8) is 0 Å². The number of nitrogens with zero attached hydrogens (tertiary/aromatic N) is 6. The van der Waals surface area contributed by atoms with E-state index in [-0.39, 0.29) is 30.0 Å². The smallest absolute Gasteiger partial charge is 0.353 e. The van der Waals surface area contributed by atoms with Crippen LogP contribution in [-0.2, 0) is 15.8 Å². The van der Waals surface area contributed by atoms with Crippen LogP contribution in [0, 0.1) is 19.8 Å². The van der Waals surface area contributed by atoms with Crippen LogP contribution in [0.15, 0.2) is 41.1 Å². The molecule has 0 aliphatic carbocycles. The number of rotatable bonds is 4. The highest BCUT2D eigenvalue weighted by molar-refractivity contribution is 6.00. The number of alkyl halides is 3. The summed E-state index contributed by atoms with van der Waals surface area (Å²) in [6, 6.07) is 9.13. The lowest BCUT2D eigenvalue weighted by atomic mass is 10.1. The number of pyridine rings is 1. The predicted octanol–water partition coefficient (Wildman–Crippen LogP) is 3.47. The quantitative estimate of drug-likeness (QED) is 0.526. The molecular weight excluding hydrogens is 489 g/mol. The second-order valence-corrected chi connectivity index (χ2v) is 9.31. The van der Waals surface area contributed by atoms with Crippen molar-refractivity contribution >= 4 is 23.3 Å². The summed E-state index contributed by atoms with van der Waals surface area (Å²) in [5.41, 5.74) is 3.37. The van der Waals surface area contributed by atoms with Gasteiger partial charge in [-0.05, 0) is 49.2 Å². The Balaban J connectivity index is 1.17. The molecule has 2 saturated heterocycles. The molecule has 37 heavy (non-hydrogen) atoms. The second kappa shape index (κ2) is 9.49. The number of piperazine rings is 1. The first kappa shape index (κ1) is 24.7. The summed E-state index contributed by atoms with van der Waals surface area (Å²) in [6.07, 6.45) is -3.12. The molecule has 9 nitrogen and oxygen atoms in total. The van der Waals surface area contributed by atoms with Crippen LogP contribution in [0.4, 0.5) is 24.7 Å². The highest BCUT2D eigenvalue weighted by Crippen LogP contribution is 2.30. The molecule has 3 aromatic rings. The molecule has 2 aliphatic rings. The van der Waals surface area contributed by atoms with Crippen molar-refractivity contribution in [2.45, 2.75) is 26.4 Å². The Morgan fingerprint density at radius 1 is 1.05 bits per heavy atom. The Morgan fingerprint density at radius 2 is 1.81 bits per heavy atom. The van der Waals surface area contributed by atoms with Crippen molar-refractivity contribution in [3.05, 3.63) is 53.5 Å². The summed E-state index contributed by atoms with van der Waals surface area (Å²) >= 11 is 0. The van der Waals surface area contributed by atoms with Crippen LogP contribution in [-0.4, -0.2) is 64.6 Å². The van der Waals surface area contributed by atoms with Crippen LogP contribution in [0.25, 0.3) is 11.4 Å². The fourth-order valence-corrected chi connectivity index (χ4v) is 4.59. The molecule has 194 valence electrons. The van der Waals surface area contributed by atoms with Crippen molar-refractivity contribution in [3.8, 4) is 11.4 Å². The van der Waals surface area contributed by atoms with Crippen LogP contribution >= 0.6 is 0 Å². The zero-order valence-corrected chi connectivity index (χ0v) is 20.3. The standard InChI is InChI=1S/C25H25F3N6O3/c1-15-3-5-19(11-16(15)2)34-14-18(12-21(34)35)23(36)33-9-7-32(8-10-33)20-6-4-17(13-29-20)22-30-24(37-31-22)25(26,27)28/h3-6,11,13,18H,7-10,12,14H2,1-2H3. The summed E-state index contributed by atoms with van der Waals surface area (Å²) in [5, 5.41) is 3.37. The lowest BCUT2D eigenvalue weighted by molar-refractivity contribution is -0.159. The number of carbonyl (C=O) groups is 2. The van der Waals surface area contributed by atoms with E-state index >= 15 is 0 Å². The van der Waals surface area contributed by atoms with E-state index in [1.54, 1.807) is 21.9 Å². The summed E-state index contributed by atoms with van der Waals surface area (Å²) in [5.74, 6) is -1.42. The average molecular weight is 515 g/mol. The molecule has 2 amide bonds. The molecule has 12 heteroatoms. The van der Waals surface area contributed by atoms with Crippen molar-refractivity contribution < 1.29 is 27.3 Å². The van der Waals surface area contributed by atoms with Crippen molar-refractivity contribution in [1.82, 2.24) is 20.0 Å². The second-order valence-electron chi connectivity index (χ2n) is 9.31. The minimum atomic E-state index is -4.71. The van der Waals surface area contributed by atoms with E-state index in [4.69, 9.17) is 0 Å². The van der Waals surface area contributed by atoms with E-state index in [1.165, 1.54) is 6.20 Å². The summed E-state index contributed by atoms with van der Waals surface area (Å²) in [4.78, 5) is 39.0. The normalized spacial score (nSPS) is 18.6. The summed E-state index contributed by atoms with van der Waals surface area (Å²) in [6.45, 7) is 6.43. The van der Waals surface area contributed by atoms with E-state index in [0.29, 0.717) is 44.1 Å². The molecule has 0 spiro atoms. The number of aryl methyl sites for hydroxylation is 2. The van der Waals surface area contributed by atoms with Gasteiger partial charge in [-0.1, -0.05) is 11.2 Å². The molecular formula is C25H25F3N6O3. The predicted molar refractivity (Wildman–Crippen MR) is 128 cm³/mol. The van der Waals surface area contributed by atoms with Gasteiger partial charge in [-0.3, -0.25) is 9.59 Å². The third-order valence-electron chi connectivity index (χ3n) is 6.87. The Bertz CT molecular complexity index is 1320. The molecule has 1 aromatic carbocycles. The van der Waals surface area contributed by atoms with Gasteiger partial charge in [0.2, 0.25) is 17.6 Å². The molecule has 1 atom stereocenters. The molecule has 5 rings (SSSR count). The zero-order chi connectivity index (χ0) is 26.3. The van der Waals surface area contributed by atoms with Gasteiger partial charge in [0.05, 0.1) is 5.92 Å². The SMILES string of the molecule is Cc1ccc(N2CC(C(=O)N3CCN(c4ccc(-c5noc(C(F)(F)F)n5)cn4)CC3)CC2=O)cc1C. The molecule has 2 aromatic heterocycles. The van der Waals surface area contributed by atoms with Crippen molar-refractivity contribution in [1.29, 1.82) is 0 Å². The van der Waals surface area contributed by atoms with Gasteiger partial charge in [-0.15, -0.1) is 0 Å². The molecule has 0 saturated carbocycles. The van der Waals surface area contributed by atoms with Gasteiger partial charge >= 0.3 is 12.1 Å². The molecule has 4 heterocycles. The highest BCUT2D eigenvalue weighted by atomic mass is 19.4. The topological polar surface area (TPSA) is 95.7 Å². The maximum absolute atomic E-state index is 13.2. The number of anilines is 2. The fourth-order valence-electron chi connectivity index (χ4n) is 4.59. The number of aromatic nitrogens is 3. The van der Waals surface area contributed by atoms with Gasteiger partial charge < -0.3 is 19.2 Å². The molecule has 2 fully saturated rings. The van der Waals surface area contributed by atoms with E-state index < -0.39 is 12.1 Å². The lowest BCUT2D eigenvalue weighted by Crippen LogP contribution is -2.51. The van der Waals surface area contributed by atoms with Crippen molar-refractivity contribution in [2.24, 2.45) is 5.92 Å². The Morgan fingerprint density at radius 3 is 2.43 bits per heavy atom. The van der Waals surface area contributed by atoms with E-state index in [2.05, 4.69) is 19.6 Å². The van der Waals surface area contributed by atoms with Crippen LogP contribution < -0.4 is 9.80 Å². The molecule has 2 aliphatic heterocycles. The van der Waals surface area contributed by atoms with Gasteiger partial charge in [0, 0.05) is 56.6 Å².